The van der Waals surface area contributed by atoms with Crippen molar-refractivity contribution in [1.82, 2.24) is 10.2 Å². The summed E-state index contributed by atoms with van der Waals surface area (Å²) in [5.74, 6) is 2.07. The number of rotatable bonds is 4. The standard InChI is InChI=1S/C23H27N5O3/c1-16(17-11-13-19(14-12-17)31-18-9-7-6-8-10-18)26-20(24-4)27-21(25-5)28-22(29)30-15-23(28,2)3/h6-14,16H,4,15H2,1-3,5H3,(H,25,26,27)/t16-/m0/s1. The van der Waals surface area contributed by atoms with Crippen molar-refractivity contribution in [2.24, 2.45) is 15.0 Å². The average Bonchev–Trinajstić information content (AvgIpc) is 3.04. The number of ether oxygens (including phenoxy) is 2. The van der Waals surface area contributed by atoms with Gasteiger partial charge in [-0.2, -0.15) is 0 Å². The second-order valence-corrected chi connectivity index (χ2v) is 7.65. The first kappa shape index (κ1) is 22.0. The van der Waals surface area contributed by atoms with Gasteiger partial charge >= 0.3 is 6.09 Å². The Labute approximate surface area is 182 Å². The van der Waals surface area contributed by atoms with Gasteiger partial charge in [0.1, 0.15) is 18.1 Å². The highest BCUT2D eigenvalue weighted by Crippen LogP contribution is 2.25. The Kier molecular flexibility index (Phi) is 6.69. The number of amides is 1. The number of guanidine groups is 2. The van der Waals surface area contributed by atoms with Gasteiger partial charge in [0.25, 0.3) is 0 Å². The van der Waals surface area contributed by atoms with E-state index in [1.54, 1.807) is 7.05 Å². The van der Waals surface area contributed by atoms with Crippen molar-refractivity contribution in [3.05, 3.63) is 60.2 Å². The molecule has 31 heavy (non-hydrogen) atoms. The molecule has 8 nitrogen and oxygen atoms in total. The lowest BCUT2D eigenvalue weighted by Crippen LogP contribution is -2.52. The lowest BCUT2D eigenvalue weighted by Gasteiger charge is -2.28. The minimum atomic E-state index is -0.536. The number of aliphatic imine (C=N–C) groups is 3. The zero-order valence-electron chi connectivity index (χ0n) is 18.2. The molecule has 1 saturated heterocycles. The van der Waals surface area contributed by atoms with Crippen molar-refractivity contribution in [3.63, 3.8) is 0 Å². The predicted octanol–water partition coefficient (Wildman–Crippen LogP) is 4.40. The summed E-state index contributed by atoms with van der Waals surface area (Å²) in [7, 11) is 1.58. The molecule has 0 aromatic heterocycles. The number of para-hydroxylation sites is 1. The van der Waals surface area contributed by atoms with Gasteiger partial charge in [0.2, 0.25) is 11.9 Å². The number of hydrogen-bond acceptors (Lipinski definition) is 5. The van der Waals surface area contributed by atoms with Crippen LogP contribution in [0.5, 0.6) is 11.5 Å². The molecule has 0 spiro atoms. The molecule has 2 aromatic carbocycles. The Balaban J connectivity index is 1.71. The van der Waals surface area contributed by atoms with Crippen molar-refractivity contribution in [1.29, 1.82) is 0 Å². The number of nitrogens with zero attached hydrogens (tertiary/aromatic N) is 4. The highest BCUT2D eigenvalue weighted by atomic mass is 16.6. The van der Waals surface area contributed by atoms with E-state index in [9.17, 15) is 4.79 Å². The van der Waals surface area contributed by atoms with Crippen LogP contribution in [-0.4, -0.2) is 48.8 Å². The fourth-order valence-electron chi connectivity index (χ4n) is 3.11. The first-order valence-electron chi connectivity index (χ1n) is 9.92. The third-order valence-corrected chi connectivity index (χ3v) is 4.79. The van der Waals surface area contributed by atoms with Crippen LogP contribution < -0.4 is 10.1 Å². The van der Waals surface area contributed by atoms with E-state index in [0.29, 0.717) is 5.96 Å². The normalized spacial score (nSPS) is 17.2. The molecule has 1 aliphatic heterocycles. The van der Waals surface area contributed by atoms with Gasteiger partial charge in [-0.25, -0.2) is 19.7 Å². The van der Waals surface area contributed by atoms with E-state index < -0.39 is 11.6 Å². The van der Waals surface area contributed by atoms with Gasteiger partial charge in [-0.1, -0.05) is 30.3 Å². The van der Waals surface area contributed by atoms with Gasteiger partial charge in [0.15, 0.2) is 0 Å². The van der Waals surface area contributed by atoms with E-state index in [0.717, 1.165) is 17.1 Å². The Morgan fingerprint density at radius 2 is 1.81 bits per heavy atom. The molecule has 0 unspecified atom stereocenters. The molecular weight excluding hydrogens is 394 g/mol. The average molecular weight is 422 g/mol. The number of carbonyl (C=O) groups is 1. The van der Waals surface area contributed by atoms with E-state index in [2.05, 4.69) is 27.0 Å². The van der Waals surface area contributed by atoms with Crippen LogP contribution in [0.2, 0.25) is 0 Å². The summed E-state index contributed by atoms with van der Waals surface area (Å²) >= 11 is 0. The van der Waals surface area contributed by atoms with E-state index >= 15 is 0 Å². The number of cyclic esters (lactones) is 1. The maximum absolute atomic E-state index is 12.2. The monoisotopic (exact) mass is 421 g/mol. The Morgan fingerprint density at radius 1 is 1.16 bits per heavy atom. The summed E-state index contributed by atoms with van der Waals surface area (Å²) in [4.78, 5) is 26.3. The van der Waals surface area contributed by atoms with Crippen LogP contribution in [0.25, 0.3) is 0 Å². The van der Waals surface area contributed by atoms with Crippen molar-refractivity contribution in [2.75, 3.05) is 13.7 Å². The molecule has 3 rings (SSSR count). The first-order chi connectivity index (χ1) is 14.8. The van der Waals surface area contributed by atoms with Crippen LogP contribution in [-0.2, 0) is 4.74 Å². The molecule has 1 atom stereocenters. The fraction of sp³-hybridized carbons (Fsp3) is 0.304. The Morgan fingerprint density at radius 3 is 2.35 bits per heavy atom. The van der Waals surface area contributed by atoms with Crippen LogP contribution >= 0.6 is 0 Å². The summed E-state index contributed by atoms with van der Waals surface area (Å²) in [6, 6.07) is 17.1. The van der Waals surface area contributed by atoms with Crippen LogP contribution in [0.1, 0.15) is 32.4 Å². The van der Waals surface area contributed by atoms with Gasteiger partial charge in [0.05, 0.1) is 11.6 Å². The summed E-state index contributed by atoms with van der Waals surface area (Å²) in [6.45, 7) is 9.59. The SMILES string of the molecule is C=NC(=N[C@@H](C)c1ccc(Oc2ccccc2)cc1)NC(=NC)N1C(=O)OCC1(C)C. The lowest BCUT2D eigenvalue weighted by molar-refractivity contribution is 0.168. The quantitative estimate of drug-likeness (QED) is 0.585. The number of nitrogens with one attached hydrogen (secondary N) is 1. The van der Waals surface area contributed by atoms with Crippen molar-refractivity contribution < 1.29 is 14.3 Å². The lowest BCUT2D eigenvalue weighted by atomic mass is 10.1. The summed E-state index contributed by atoms with van der Waals surface area (Å²) in [6.07, 6.45) is -0.469. The van der Waals surface area contributed by atoms with E-state index in [1.807, 2.05) is 75.4 Å². The van der Waals surface area contributed by atoms with Gasteiger partial charge in [-0.3, -0.25) is 10.3 Å². The van der Waals surface area contributed by atoms with Crippen LogP contribution in [0.3, 0.4) is 0 Å². The summed E-state index contributed by atoms with van der Waals surface area (Å²) in [5, 5.41) is 3.00. The smallest absolute Gasteiger partial charge is 0.417 e. The Bertz CT molecular complexity index is 984. The predicted molar refractivity (Wildman–Crippen MR) is 122 cm³/mol. The second kappa shape index (κ2) is 9.42. The Hall–Kier alpha value is -3.68. The summed E-state index contributed by atoms with van der Waals surface area (Å²) < 4.78 is 11.0. The van der Waals surface area contributed by atoms with Crippen LogP contribution in [0.4, 0.5) is 4.79 Å². The van der Waals surface area contributed by atoms with E-state index in [4.69, 9.17) is 9.47 Å². The highest BCUT2D eigenvalue weighted by Gasteiger charge is 2.43. The van der Waals surface area contributed by atoms with E-state index in [1.165, 1.54) is 4.90 Å². The maximum Gasteiger partial charge on any atom is 0.417 e. The largest absolute Gasteiger partial charge is 0.457 e. The molecule has 1 aliphatic rings. The zero-order chi connectivity index (χ0) is 22.4. The molecular formula is C23H27N5O3. The van der Waals surface area contributed by atoms with Gasteiger partial charge in [0, 0.05) is 7.05 Å². The third kappa shape index (κ3) is 5.28. The molecule has 0 saturated carbocycles. The van der Waals surface area contributed by atoms with Crippen molar-refractivity contribution >= 4 is 24.7 Å². The van der Waals surface area contributed by atoms with Crippen LogP contribution in [0, 0.1) is 0 Å². The van der Waals surface area contributed by atoms with Gasteiger partial charge in [-0.05, 0) is 57.3 Å². The number of benzene rings is 2. The topological polar surface area (TPSA) is 87.9 Å². The molecule has 162 valence electrons. The summed E-state index contributed by atoms with van der Waals surface area (Å²) in [5.41, 5.74) is 0.435. The highest BCUT2D eigenvalue weighted by molar-refractivity contribution is 6.06. The van der Waals surface area contributed by atoms with Crippen molar-refractivity contribution in [3.8, 4) is 11.5 Å². The molecule has 0 bridgehead atoms. The third-order valence-electron chi connectivity index (χ3n) is 4.79. The number of carbonyl (C=O) groups excluding carboxylic acids is 1. The minimum Gasteiger partial charge on any atom is -0.457 e. The molecule has 1 fully saturated rings. The van der Waals surface area contributed by atoms with Crippen LogP contribution in [0.15, 0.2) is 69.6 Å². The molecule has 0 aliphatic carbocycles. The van der Waals surface area contributed by atoms with Gasteiger partial charge in [-0.15, -0.1) is 0 Å². The molecule has 8 heteroatoms. The number of hydrogen-bond donors (Lipinski definition) is 1. The zero-order valence-corrected chi connectivity index (χ0v) is 18.2. The van der Waals surface area contributed by atoms with E-state index in [-0.39, 0.29) is 18.6 Å². The molecule has 2 aromatic rings. The molecule has 0 radical (unpaired) electrons. The van der Waals surface area contributed by atoms with Crippen molar-refractivity contribution in [2.45, 2.75) is 32.4 Å². The first-order valence-corrected chi connectivity index (χ1v) is 9.92. The molecule has 1 amide bonds. The maximum atomic E-state index is 12.2. The fourth-order valence-corrected chi connectivity index (χ4v) is 3.11. The second-order valence-electron chi connectivity index (χ2n) is 7.65. The van der Waals surface area contributed by atoms with Gasteiger partial charge < -0.3 is 9.47 Å². The molecule has 1 N–H and O–H groups in total. The molecule has 1 heterocycles. The minimum absolute atomic E-state index is 0.213.